The van der Waals surface area contributed by atoms with Gasteiger partial charge in [0.15, 0.2) is 0 Å². The van der Waals surface area contributed by atoms with Crippen molar-refractivity contribution in [1.82, 2.24) is 10.2 Å². The molecule has 1 saturated heterocycles. The summed E-state index contributed by atoms with van der Waals surface area (Å²) in [6.07, 6.45) is 1.91. The zero-order chi connectivity index (χ0) is 15.5. The van der Waals surface area contributed by atoms with Crippen molar-refractivity contribution in [2.45, 2.75) is 58.2 Å². The van der Waals surface area contributed by atoms with Gasteiger partial charge in [0.05, 0.1) is 0 Å². The van der Waals surface area contributed by atoms with Crippen molar-refractivity contribution in [3.8, 4) is 0 Å². The molecule has 4 nitrogen and oxygen atoms in total. The van der Waals surface area contributed by atoms with Gasteiger partial charge in [-0.2, -0.15) is 0 Å². The van der Waals surface area contributed by atoms with Crippen molar-refractivity contribution in [3.63, 3.8) is 0 Å². The first-order valence-corrected chi connectivity index (χ1v) is 8.51. The number of carbonyl (C=O) groups is 1. The standard InChI is InChI=1S/C16H26N2O2S/c1-12(14-8-6-10-21-14)17-11-13-7-5-9-18(13)15(19)20-16(2,3)4/h6,8,10,12-13,17H,5,7,9,11H2,1-4H3/t12-,13?/m0/s1. The van der Waals surface area contributed by atoms with Gasteiger partial charge >= 0.3 is 6.09 Å². The predicted octanol–water partition coefficient (Wildman–Crippen LogP) is 3.80. The van der Waals surface area contributed by atoms with Crippen LogP contribution in [0.3, 0.4) is 0 Å². The molecule has 2 heterocycles. The lowest BCUT2D eigenvalue weighted by atomic mass is 10.2. The van der Waals surface area contributed by atoms with Gasteiger partial charge in [0.25, 0.3) is 0 Å². The number of amides is 1. The first kappa shape index (κ1) is 16.3. The van der Waals surface area contributed by atoms with E-state index in [0.29, 0.717) is 6.04 Å². The quantitative estimate of drug-likeness (QED) is 0.919. The third kappa shape index (κ3) is 4.71. The van der Waals surface area contributed by atoms with Gasteiger partial charge in [-0.05, 0) is 52.0 Å². The maximum atomic E-state index is 12.2. The van der Waals surface area contributed by atoms with Crippen molar-refractivity contribution in [2.24, 2.45) is 0 Å². The molecule has 1 aromatic heterocycles. The first-order valence-electron chi connectivity index (χ1n) is 7.63. The van der Waals surface area contributed by atoms with Crippen molar-refractivity contribution < 1.29 is 9.53 Å². The number of nitrogens with one attached hydrogen (secondary N) is 1. The first-order chi connectivity index (χ1) is 9.87. The van der Waals surface area contributed by atoms with E-state index in [2.05, 4.69) is 29.8 Å². The van der Waals surface area contributed by atoms with Gasteiger partial charge in [0.1, 0.15) is 5.60 Å². The van der Waals surface area contributed by atoms with E-state index in [9.17, 15) is 4.79 Å². The molecule has 1 N–H and O–H groups in total. The second kappa shape index (κ2) is 6.79. The van der Waals surface area contributed by atoms with E-state index in [4.69, 9.17) is 4.74 Å². The molecule has 1 aliphatic rings. The maximum Gasteiger partial charge on any atom is 0.410 e. The number of hydrogen-bond donors (Lipinski definition) is 1. The molecule has 2 rings (SSSR count). The van der Waals surface area contributed by atoms with Crippen LogP contribution in [0.25, 0.3) is 0 Å². The van der Waals surface area contributed by atoms with Gasteiger partial charge < -0.3 is 15.0 Å². The van der Waals surface area contributed by atoms with Crippen LogP contribution in [0.15, 0.2) is 17.5 Å². The minimum atomic E-state index is -0.429. The van der Waals surface area contributed by atoms with Gasteiger partial charge in [-0.25, -0.2) is 4.79 Å². The van der Waals surface area contributed by atoms with E-state index < -0.39 is 5.60 Å². The van der Waals surface area contributed by atoms with Crippen LogP contribution in [0.1, 0.15) is 51.5 Å². The summed E-state index contributed by atoms with van der Waals surface area (Å²) < 4.78 is 5.49. The minimum Gasteiger partial charge on any atom is -0.444 e. The van der Waals surface area contributed by atoms with Gasteiger partial charge in [-0.3, -0.25) is 0 Å². The summed E-state index contributed by atoms with van der Waals surface area (Å²) in [7, 11) is 0. The molecule has 1 aliphatic heterocycles. The number of nitrogens with zero attached hydrogens (tertiary/aromatic N) is 1. The van der Waals surface area contributed by atoms with Crippen LogP contribution < -0.4 is 5.32 Å². The SMILES string of the molecule is C[C@H](NCC1CCCN1C(=O)OC(C)(C)C)c1cccs1. The summed E-state index contributed by atoms with van der Waals surface area (Å²) in [4.78, 5) is 15.4. The van der Waals surface area contributed by atoms with Gasteiger partial charge in [-0.15, -0.1) is 11.3 Å². The van der Waals surface area contributed by atoms with E-state index in [0.717, 1.165) is 25.9 Å². The van der Waals surface area contributed by atoms with E-state index in [1.54, 1.807) is 11.3 Å². The molecule has 1 aromatic rings. The molecule has 0 radical (unpaired) electrons. The van der Waals surface area contributed by atoms with E-state index in [1.807, 2.05) is 25.7 Å². The molecule has 0 saturated carbocycles. The summed E-state index contributed by atoms with van der Waals surface area (Å²) in [5.74, 6) is 0. The number of likely N-dealkylation sites (tertiary alicyclic amines) is 1. The van der Waals surface area contributed by atoms with Crippen LogP contribution in [-0.4, -0.2) is 35.7 Å². The fourth-order valence-electron chi connectivity index (χ4n) is 2.56. The zero-order valence-electron chi connectivity index (χ0n) is 13.4. The fraction of sp³-hybridized carbons (Fsp3) is 0.688. The Hall–Kier alpha value is -1.07. The number of thiophene rings is 1. The van der Waals surface area contributed by atoms with E-state index in [-0.39, 0.29) is 12.1 Å². The summed E-state index contributed by atoms with van der Waals surface area (Å²) >= 11 is 1.76. The largest absolute Gasteiger partial charge is 0.444 e. The normalized spacial score (nSPS) is 20.6. The number of ether oxygens (including phenoxy) is 1. The highest BCUT2D eigenvalue weighted by atomic mass is 32.1. The average molecular weight is 310 g/mol. The lowest BCUT2D eigenvalue weighted by Crippen LogP contribution is -2.44. The molecule has 21 heavy (non-hydrogen) atoms. The number of rotatable bonds is 4. The topological polar surface area (TPSA) is 41.6 Å². The Balaban J connectivity index is 1.86. The zero-order valence-corrected chi connectivity index (χ0v) is 14.2. The molecule has 0 aromatic carbocycles. The Bertz CT molecular complexity index is 453. The smallest absolute Gasteiger partial charge is 0.410 e. The van der Waals surface area contributed by atoms with Gasteiger partial charge in [0, 0.05) is 30.1 Å². The van der Waals surface area contributed by atoms with Gasteiger partial charge in [0.2, 0.25) is 0 Å². The highest BCUT2D eigenvalue weighted by Gasteiger charge is 2.32. The Morgan fingerprint density at radius 2 is 2.33 bits per heavy atom. The predicted molar refractivity (Wildman–Crippen MR) is 86.7 cm³/mol. The molecule has 118 valence electrons. The lowest BCUT2D eigenvalue weighted by Gasteiger charge is -2.29. The second-order valence-corrected chi connectivity index (χ2v) is 7.59. The van der Waals surface area contributed by atoms with Crippen LogP contribution in [0.2, 0.25) is 0 Å². The Kier molecular flexibility index (Phi) is 5.27. The van der Waals surface area contributed by atoms with Crippen molar-refractivity contribution in [2.75, 3.05) is 13.1 Å². The molecular formula is C16H26N2O2S. The van der Waals surface area contributed by atoms with Gasteiger partial charge in [-0.1, -0.05) is 6.07 Å². The van der Waals surface area contributed by atoms with E-state index in [1.165, 1.54) is 4.88 Å². The summed E-state index contributed by atoms with van der Waals surface area (Å²) in [6.45, 7) is 9.51. The van der Waals surface area contributed by atoms with Crippen LogP contribution in [0.5, 0.6) is 0 Å². The van der Waals surface area contributed by atoms with Crippen LogP contribution in [0, 0.1) is 0 Å². The van der Waals surface area contributed by atoms with E-state index >= 15 is 0 Å². The number of carbonyl (C=O) groups excluding carboxylic acids is 1. The molecule has 1 unspecified atom stereocenters. The Labute approximate surface area is 131 Å². The van der Waals surface area contributed by atoms with Crippen LogP contribution >= 0.6 is 11.3 Å². The monoisotopic (exact) mass is 310 g/mol. The third-order valence-corrected chi connectivity index (χ3v) is 4.69. The van der Waals surface area contributed by atoms with Crippen molar-refractivity contribution in [3.05, 3.63) is 22.4 Å². The van der Waals surface area contributed by atoms with Crippen LogP contribution in [0.4, 0.5) is 4.79 Å². The van der Waals surface area contributed by atoms with Crippen molar-refractivity contribution in [1.29, 1.82) is 0 Å². The average Bonchev–Trinajstić information content (AvgIpc) is 3.04. The number of hydrogen-bond acceptors (Lipinski definition) is 4. The molecular weight excluding hydrogens is 284 g/mol. The molecule has 2 atom stereocenters. The maximum absolute atomic E-state index is 12.2. The minimum absolute atomic E-state index is 0.185. The third-order valence-electron chi connectivity index (χ3n) is 3.63. The van der Waals surface area contributed by atoms with Crippen LogP contribution in [-0.2, 0) is 4.74 Å². The highest BCUT2D eigenvalue weighted by molar-refractivity contribution is 7.10. The van der Waals surface area contributed by atoms with Crippen molar-refractivity contribution >= 4 is 17.4 Å². The summed E-state index contributed by atoms with van der Waals surface area (Å²) in [6, 6.07) is 4.77. The molecule has 1 amide bonds. The molecule has 0 aliphatic carbocycles. The summed E-state index contributed by atoms with van der Waals surface area (Å²) in [5, 5.41) is 5.63. The lowest BCUT2D eigenvalue weighted by molar-refractivity contribution is 0.0225. The summed E-state index contributed by atoms with van der Waals surface area (Å²) in [5.41, 5.74) is -0.429. The molecule has 1 fully saturated rings. The highest BCUT2D eigenvalue weighted by Crippen LogP contribution is 2.22. The second-order valence-electron chi connectivity index (χ2n) is 6.62. The molecule has 5 heteroatoms. The molecule has 0 spiro atoms. The molecule has 0 bridgehead atoms. The fourth-order valence-corrected chi connectivity index (χ4v) is 3.32. The Morgan fingerprint density at radius 1 is 1.57 bits per heavy atom. The Morgan fingerprint density at radius 3 is 2.95 bits per heavy atom.